The summed E-state index contributed by atoms with van der Waals surface area (Å²) in [5.41, 5.74) is 0.138. The fourth-order valence-corrected chi connectivity index (χ4v) is 12.7. The molecule has 430 valence electrons. The maximum absolute atomic E-state index is 14.6. The average Bonchev–Trinajstić information content (AvgIpc) is 3.85. The second-order valence-electron chi connectivity index (χ2n) is 23.1. The Balaban J connectivity index is 1.26. The minimum Gasteiger partial charge on any atom is -0.460 e. The molecule has 1 aliphatic carbocycles. The Labute approximate surface area is 457 Å². The topological polar surface area (TPSA) is 244 Å². The van der Waals surface area contributed by atoms with E-state index in [1.165, 1.54) is 23.6 Å². The van der Waals surface area contributed by atoms with E-state index < -0.39 is 119 Å². The van der Waals surface area contributed by atoms with Crippen molar-refractivity contribution in [3.63, 3.8) is 0 Å². The Morgan fingerprint density at radius 3 is 2.17 bits per heavy atom. The Morgan fingerprint density at radius 1 is 0.782 bits per heavy atom. The third kappa shape index (κ3) is 12.9. The van der Waals surface area contributed by atoms with E-state index in [1.54, 1.807) is 71.2 Å². The number of methoxy groups -OCH3 is 3. The highest BCUT2D eigenvalue weighted by Crippen LogP contribution is 2.39. The molecule has 17 atom stereocenters. The Morgan fingerprint density at radius 2 is 1.49 bits per heavy atom. The number of ketones is 3. The Bertz CT molecular complexity index is 2690. The van der Waals surface area contributed by atoms with Gasteiger partial charge >= 0.3 is 17.3 Å². The van der Waals surface area contributed by atoms with Crippen molar-refractivity contribution < 1.29 is 63.0 Å². The van der Waals surface area contributed by atoms with Gasteiger partial charge in [-0.1, -0.05) is 77.1 Å². The van der Waals surface area contributed by atoms with E-state index in [1.807, 2.05) is 39.0 Å². The minimum atomic E-state index is -2.55. The van der Waals surface area contributed by atoms with Gasteiger partial charge in [-0.3, -0.25) is 19.2 Å². The maximum atomic E-state index is 14.6. The van der Waals surface area contributed by atoms with Gasteiger partial charge in [0.2, 0.25) is 5.79 Å². The summed E-state index contributed by atoms with van der Waals surface area (Å²) >= 11 is 0. The molecule has 4 bridgehead atoms. The van der Waals surface area contributed by atoms with Crippen molar-refractivity contribution in [2.45, 2.75) is 192 Å². The number of rotatable bonds is 7. The first-order valence-electron chi connectivity index (χ1n) is 28.1. The molecule has 1 amide bonds. The van der Waals surface area contributed by atoms with Crippen LogP contribution in [0.4, 0.5) is 0 Å². The summed E-state index contributed by atoms with van der Waals surface area (Å²) < 4.78 is 33.8. The summed E-state index contributed by atoms with van der Waals surface area (Å²) in [5, 5.41) is 34.5. The highest BCUT2D eigenvalue weighted by Gasteiger charge is 2.53. The molecule has 6 aliphatic rings. The van der Waals surface area contributed by atoms with Crippen LogP contribution < -0.4 is 11.4 Å². The lowest BCUT2D eigenvalue weighted by Gasteiger charge is -2.42. The number of aliphatic hydroxyl groups excluding tert-OH is 2. The quantitative estimate of drug-likeness (QED) is 0.175. The largest absolute Gasteiger partial charge is 0.460 e. The number of aromatic nitrogens is 3. The first kappa shape index (κ1) is 60.5. The number of ether oxygens (including phenoxy) is 5. The first-order chi connectivity index (χ1) is 37.0. The molecule has 0 spiro atoms. The number of esters is 1. The van der Waals surface area contributed by atoms with Crippen LogP contribution in [0.2, 0.25) is 0 Å². The molecule has 3 fully saturated rings. The van der Waals surface area contributed by atoms with Gasteiger partial charge in [0.1, 0.15) is 30.1 Å². The van der Waals surface area contributed by atoms with Crippen LogP contribution in [-0.4, -0.2) is 146 Å². The number of benzene rings is 1. The monoisotopic (exact) mass is 1090 g/mol. The van der Waals surface area contributed by atoms with Crippen molar-refractivity contribution in [3.05, 3.63) is 86.8 Å². The van der Waals surface area contributed by atoms with Crippen LogP contribution in [0.25, 0.3) is 5.69 Å². The summed E-state index contributed by atoms with van der Waals surface area (Å²) in [4.78, 5) is 103. The van der Waals surface area contributed by atoms with Crippen LogP contribution in [0.5, 0.6) is 0 Å². The smallest absolute Gasteiger partial charge is 0.352 e. The van der Waals surface area contributed by atoms with E-state index in [9.17, 15) is 48.9 Å². The molecule has 19 nitrogen and oxygen atoms in total. The van der Waals surface area contributed by atoms with Gasteiger partial charge in [-0.25, -0.2) is 28.3 Å². The van der Waals surface area contributed by atoms with Crippen LogP contribution in [0, 0.1) is 35.5 Å². The summed E-state index contributed by atoms with van der Waals surface area (Å²) in [5.74, 6) is -9.44. The molecular weight excluding hydrogens is 1000 g/mol. The van der Waals surface area contributed by atoms with Crippen LogP contribution in [-0.2, 0) is 47.7 Å². The Hall–Kier alpha value is -5.15. The lowest BCUT2D eigenvalue weighted by atomic mass is 9.78. The zero-order valence-electron chi connectivity index (χ0n) is 47.2. The number of fused-ring (bicyclic) bond motifs is 15. The number of para-hydroxylation sites is 1. The molecule has 2 saturated heterocycles. The fourth-order valence-electron chi connectivity index (χ4n) is 12.7. The van der Waals surface area contributed by atoms with Crippen LogP contribution in [0.15, 0.2) is 75.4 Å². The number of amides is 1. The number of aliphatic hydroxyl groups is 3. The third-order valence-corrected chi connectivity index (χ3v) is 17.6. The standard InChI is InChI=1S/C59H84N4O15/c1-33-26-37(5)51(66)53(76-10)52(67)38(6)27-34(2)47(65)32-49(35(3)28-40-20-24-46(64)50(30-40)75-9)77-56(70)45-18-14-15-25-60(45)55(69)54(68)59(73)39(7)19-22-43(78-59)31-48(74-8)36(4)29-42-21-23-44(33)63-58(72)61(57(71)62(42)63)41-16-12-11-13-17-41/h11-13,16-17,21,23,27,29,33-35,37,39-40,42-46,48-50,52-53,64,67,73H,14-15,18-20,22,24-26,28,30-32H2,1-10H3. The summed E-state index contributed by atoms with van der Waals surface area (Å²) in [7, 11) is 4.38. The third-order valence-electron chi connectivity index (χ3n) is 17.6. The van der Waals surface area contributed by atoms with Crippen molar-refractivity contribution in [1.29, 1.82) is 0 Å². The fraction of sp³-hybridized carbons (Fsp3) is 0.678. The molecule has 8 rings (SSSR count). The van der Waals surface area contributed by atoms with Gasteiger partial charge in [0.15, 0.2) is 5.78 Å². The zero-order valence-corrected chi connectivity index (χ0v) is 47.2. The predicted molar refractivity (Wildman–Crippen MR) is 288 cm³/mol. The molecule has 1 saturated carbocycles. The highest BCUT2D eigenvalue weighted by atomic mass is 16.6. The van der Waals surface area contributed by atoms with Crippen molar-refractivity contribution >= 4 is 29.2 Å². The van der Waals surface area contributed by atoms with Crippen molar-refractivity contribution in [2.75, 3.05) is 27.9 Å². The molecule has 6 heterocycles. The van der Waals surface area contributed by atoms with Crippen LogP contribution in [0.3, 0.4) is 0 Å². The van der Waals surface area contributed by atoms with E-state index in [4.69, 9.17) is 23.7 Å². The van der Waals surface area contributed by atoms with Gasteiger partial charge in [0, 0.05) is 58.5 Å². The second kappa shape index (κ2) is 26.0. The molecular formula is C59H84N4O15. The highest BCUT2D eigenvalue weighted by molar-refractivity contribution is 6.39. The van der Waals surface area contributed by atoms with Gasteiger partial charge < -0.3 is 43.9 Å². The second-order valence-corrected chi connectivity index (χ2v) is 23.1. The Kier molecular flexibility index (Phi) is 20.1. The normalized spacial score (nSPS) is 35.8. The molecule has 19 heteroatoms. The lowest BCUT2D eigenvalue weighted by Crippen LogP contribution is -2.61. The summed E-state index contributed by atoms with van der Waals surface area (Å²) in [6.45, 7) is 12.2. The molecule has 3 N–H and O–H groups in total. The number of hydrogen-bond donors (Lipinski definition) is 3. The predicted octanol–water partition coefficient (Wildman–Crippen LogP) is 5.53. The molecule has 5 aliphatic heterocycles. The first-order valence-corrected chi connectivity index (χ1v) is 28.1. The molecule has 2 aromatic rings. The van der Waals surface area contributed by atoms with Crippen molar-refractivity contribution in [2.24, 2.45) is 35.5 Å². The van der Waals surface area contributed by atoms with Crippen LogP contribution >= 0.6 is 0 Å². The number of carbonyl (C=O) groups excluding carboxylic acids is 5. The molecule has 17 unspecified atom stereocenters. The summed E-state index contributed by atoms with van der Waals surface area (Å²) in [6.07, 6.45) is 5.18. The number of allylic oxidation sites excluding steroid dienone is 4. The van der Waals surface area contributed by atoms with Gasteiger partial charge in [-0.2, -0.15) is 0 Å². The molecule has 0 radical (unpaired) electrons. The number of hydrogen-bond acceptors (Lipinski definition) is 15. The molecule has 1 aromatic carbocycles. The maximum Gasteiger partial charge on any atom is 0.352 e. The van der Waals surface area contributed by atoms with E-state index in [-0.39, 0.29) is 56.0 Å². The summed E-state index contributed by atoms with van der Waals surface area (Å²) in [6, 6.07) is 5.89. The lowest BCUT2D eigenvalue weighted by molar-refractivity contribution is -0.265. The van der Waals surface area contributed by atoms with Crippen molar-refractivity contribution in [1.82, 2.24) is 18.8 Å². The number of Topliss-reactive ketones (excluding diaryl/α,β-unsaturated/α-hetero) is 3. The van der Waals surface area contributed by atoms with E-state index in [0.29, 0.717) is 68.2 Å². The van der Waals surface area contributed by atoms with Gasteiger partial charge in [0.25, 0.3) is 11.7 Å². The number of carbonyl (C=O) groups is 5. The van der Waals surface area contributed by atoms with Gasteiger partial charge in [-0.15, -0.1) is 0 Å². The van der Waals surface area contributed by atoms with Gasteiger partial charge in [-0.05, 0) is 119 Å². The SMILES string of the molecule is COC1CC2CCC(C)C(O)(O2)C(=O)C(=O)N2CCCCC2C(=O)OC(C(C)CC2CCC(O)C(OC)C2)CC(=O)C(C)C=C(C)C(O)C(OC)C(=O)C(C)CC(C)C2C=CC(C=C1C)n1c(=O)n(-c3ccccc3)c(=O)n12. The van der Waals surface area contributed by atoms with E-state index in [0.717, 1.165) is 9.47 Å². The average molecular weight is 1090 g/mol. The van der Waals surface area contributed by atoms with Crippen LogP contribution in [0.1, 0.15) is 138 Å². The number of piperidine rings is 1. The van der Waals surface area contributed by atoms with Crippen molar-refractivity contribution in [3.8, 4) is 5.69 Å². The van der Waals surface area contributed by atoms with E-state index >= 15 is 0 Å². The molecule has 1 aromatic heterocycles. The molecule has 78 heavy (non-hydrogen) atoms. The zero-order chi connectivity index (χ0) is 56.9. The van der Waals surface area contributed by atoms with Gasteiger partial charge in [0.05, 0.1) is 42.2 Å². The number of nitrogens with zero attached hydrogens (tertiary/aromatic N) is 4. The van der Waals surface area contributed by atoms with E-state index in [2.05, 4.69) is 0 Å². The minimum absolute atomic E-state index is 0.0318.